The summed E-state index contributed by atoms with van der Waals surface area (Å²) < 4.78 is 8.28. The van der Waals surface area contributed by atoms with E-state index >= 15 is 0 Å². The van der Waals surface area contributed by atoms with Crippen molar-refractivity contribution >= 4 is 17.2 Å². The zero-order chi connectivity index (χ0) is 22.6. The van der Waals surface area contributed by atoms with Crippen LogP contribution in [0.2, 0.25) is 0 Å². The number of nitrogens with one attached hydrogen (secondary N) is 1. The lowest BCUT2D eigenvalue weighted by Crippen LogP contribution is -2.24. The first kappa shape index (κ1) is 20.7. The molecular formula is C27H25N5O. The number of anilines is 3. The van der Waals surface area contributed by atoms with Gasteiger partial charge < -0.3 is 19.5 Å². The summed E-state index contributed by atoms with van der Waals surface area (Å²) in [5, 5.41) is 13.1. The van der Waals surface area contributed by atoms with Crippen LogP contribution >= 0.6 is 0 Å². The lowest BCUT2D eigenvalue weighted by molar-refractivity contribution is 0.479. The van der Waals surface area contributed by atoms with Crippen LogP contribution in [-0.2, 0) is 7.05 Å². The third kappa shape index (κ3) is 4.39. The summed E-state index contributed by atoms with van der Waals surface area (Å²) in [7, 11) is 2.02. The predicted octanol–water partition coefficient (Wildman–Crippen LogP) is 6.17. The molecule has 1 atom stereocenters. The molecule has 1 fully saturated rings. The molecule has 3 aromatic carbocycles. The Hall–Kier alpha value is -4.24. The second kappa shape index (κ2) is 9.09. The molecule has 2 heterocycles. The molecule has 0 bridgehead atoms. The Balaban J connectivity index is 1.41. The van der Waals surface area contributed by atoms with E-state index in [0.29, 0.717) is 17.1 Å². The van der Waals surface area contributed by atoms with E-state index < -0.39 is 0 Å². The van der Waals surface area contributed by atoms with E-state index in [2.05, 4.69) is 21.3 Å². The van der Waals surface area contributed by atoms with Crippen LogP contribution in [0, 0.1) is 11.3 Å². The number of aromatic nitrogens is 2. The van der Waals surface area contributed by atoms with Crippen molar-refractivity contribution in [3.8, 4) is 17.6 Å². The van der Waals surface area contributed by atoms with Crippen molar-refractivity contribution in [3.05, 3.63) is 96.4 Å². The first-order valence-electron chi connectivity index (χ1n) is 11.1. The highest BCUT2D eigenvalue weighted by molar-refractivity contribution is 5.61. The molecule has 1 saturated heterocycles. The van der Waals surface area contributed by atoms with Gasteiger partial charge in [-0.25, -0.2) is 4.98 Å². The SMILES string of the molecule is Cn1cncc1N1CCCC1c1ccc(C#N)c(Oc2cccc(Nc3ccccc3)c2)c1. The summed E-state index contributed by atoms with van der Waals surface area (Å²) in [4.78, 5) is 6.66. The highest BCUT2D eigenvalue weighted by Crippen LogP contribution is 2.38. The number of ether oxygens (including phenoxy) is 1. The topological polar surface area (TPSA) is 66.1 Å². The van der Waals surface area contributed by atoms with Crippen LogP contribution in [0.3, 0.4) is 0 Å². The Bertz CT molecular complexity index is 1290. The Labute approximate surface area is 193 Å². The molecule has 1 aliphatic rings. The van der Waals surface area contributed by atoms with Crippen molar-refractivity contribution in [1.82, 2.24) is 9.55 Å². The van der Waals surface area contributed by atoms with Crippen molar-refractivity contribution in [3.63, 3.8) is 0 Å². The fraction of sp³-hybridized carbons (Fsp3) is 0.185. The molecule has 1 N–H and O–H groups in total. The van der Waals surface area contributed by atoms with E-state index in [1.807, 2.05) is 96.9 Å². The summed E-state index contributed by atoms with van der Waals surface area (Å²) in [6.07, 6.45) is 5.89. The van der Waals surface area contributed by atoms with Crippen LogP contribution in [0.5, 0.6) is 11.5 Å². The van der Waals surface area contributed by atoms with Crippen LogP contribution in [0.15, 0.2) is 85.3 Å². The predicted molar refractivity (Wildman–Crippen MR) is 130 cm³/mol. The molecule has 1 unspecified atom stereocenters. The number of benzene rings is 3. The van der Waals surface area contributed by atoms with Crippen molar-refractivity contribution in [2.45, 2.75) is 18.9 Å². The third-order valence-electron chi connectivity index (χ3n) is 5.97. The van der Waals surface area contributed by atoms with Crippen molar-refractivity contribution in [1.29, 1.82) is 5.26 Å². The molecule has 5 rings (SSSR count). The molecule has 6 nitrogen and oxygen atoms in total. The molecule has 4 aromatic rings. The number of hydrogen-bond donors (Lipinski definition) is 1. The van der Waals surface area contributed by atoms with Crippen LogP contribution in [0.25, 0.3) is 0 Å². The van der Waals surface area contributed by atoms with Gasteiger partial charge in [-0.2, -0.15) is 5.26 Å². The van der Waals surface area contributed by atoms with Gasteiger partial charge in [-0.3, -0.25) is 0 Å². The summed E-state index contributed by atoms with van der Waals surface area (Å²) >= 11 is 0. The van der Waals surface area contributed by atoms with Crippen molar-refractivity contribution in [2.75, 3.05) is 16.8 Å². The lowest BCUT2D eigenvalue weighted by atomic mass is 10.0. The summed E-state index contributed by atoms with van der Waals surface area (Å²) in [6, 6.07) is 26.2. The van der Waals surface area contributed by atoms with Gasteiger partial charge in [0, 0.05) is 31.0 Å². The molecule has 1 aliphatic heterocycles. The molecular weight excluding hydrogens is 410 g/mol. The second-order valence-electron chi connectivity index (χ2n) is 8.20. The standard InChI is InChI=1S/C27H25N5O/c1-31-19-29-18-27(31)32-14-6-11-25(32)20-12-13-21(17-28)26(15-20)33-24-10-5-9-23(16-24)30-22-7-3-2-4-8-22/h2-5,7-10,12-13,15-16,18-19,25,30H,6,11,14H2,1H3. The van der Waals surface area contributed by atoms with Crippen LogP contribution in [0.4, 0.5) is 17.2 Å². The molecule has 0 aliphatic carbocycles. The van der Waals surface area contributed by atoms with Gasteiger partial charge in [0.05, 0.1) is 24.1 Å². The van der Waals surface area contributed by atoms with Gasteiger partial charge in [0.2, 0.25) is 0 Å². The van der Waals surface area contributed by atoms with E-state index in [9.17, 15) is 5.26 Å². The maximum atomic E-state index is 9.68. The number of hydrogen-bond acceptors (Lipinski definition) is 5. The molecule has 33 heavy (non-hydrogen) atoms. The molecule has 0 radical (unpaired) electrons. The number of imidazole rings is 1. The molecule has 0 spiro atoms. The summed E-state index contributed by atoms with van der Waals surface area (Å²) in [5.41, 5.74) is 3.59. The molecule has 164 valence electrons. The second-order valence-corrected chi connectivity index (χ2v) is 8.20. The van der Waals surface area contributed by atoms with Gasteiger partial charge >= 0.3 is 0 Å². The Morgan fingerprint density at radius 1 is 1.03 bits per heavy atom. The van der Waals surface area contributed by atoms with Gasteiger partial charge in [-0.15, -0.1) is 0 Å². The largest absolute Gasteiger partial charge is 0.456 e. The first-order valence-corrected chi connectivity index (χ1v) is 11.1. The van der Waals surface area contributed by atoms with Gasteiger partial charge in [-0.05, 0) is 54.8 Å². The molecule has 6 heteroatoms. The number of aryl methyl sites for hydroxylation is 1. The van der Waals surface area contributed by atoms with Gasteiger partial charge in [0.1, 0.15) is 23.4 Å². The van der Waals surface area contributed by atoms with Gasteiger partial charge in [-0.1, -0.05) is 30.3 Å². The zero-order valence-electron chi connectivity index (χ0n) is 18.5. The number of nitrogens with zero attached hydrogens (tertiary/aromatic N) is 4. The van der Waals surface area contributed by atoms with Crippen LogP contribution < -0.4 is 15.0 Å². The Morgan fingerprint density at radius 3 is 2.67 bits per heavy atom. The smallest absolute Gasteiger partial charge is 0.145 e. The van der Waals surface area contributed by atoms with Crippen LogP contribution in [-0.4, -0.2) is 16.1 Å². The highest BCUT2D eigenvalue weighted by atomic mass is 16.5. The van der Waals surface area contributed by atoms with E-state index in [1.54, 1.807) is 0 Å². The fourth-order valence-corrected chi connectivity index (χ4v) is 4.39. The third-order valence-corrected chi connectivity index (χ3v) is 5.97. The monoisotopic (exact) mass is 435 g/mol. The van der Waals surface area contributed by atoms with E-state index in [-0.39, 0.29) is 6.04 Å². The minimum absolute atomic E-state index is 0.224. The minimum atomic E-state index is 0.224. The van der Waals surface area contributed by atoms with Crippen molar-refractivity contribution in [2.24, 2.45) is 7.05 Å². The normalized spacial score (nSPS) is 15.3. The average molecular weight is 436 g/mol. The van der Waals surface area contributed by atoms with Gasteiger partial charge in [0.15, 0.2) is 0 Å². The Morgan fingerprint density at radius 2 is 1.88 bits per heavy atom. The van der Waals surface area contributed by atoms with Gasteiger partial charge in [0.25, 0.3) is 0 Å². The number of nitriles is 1. The number of rotatable bonds is 6. The zero-order valence-corrected chi connectivity index (χ0v) is 18.5. The molecule has 0 saturated carbocycles. The quantitative estimate of drug-likeness (QED) is 0.392. The number of para-hydroxylation sites is 1. The summed E-state index contributed by atoms with van der Waals surface area (Å²) in [6.45, 7) is 0.980. The highest BCUT2D eigenvalue weighted by Gasteiger charge is 2.28. The van der Waals surface area contributed by atoms with Crippen LogP contribution in [0.1, 0.15) is 30.0 Å². The minimum Gasteiger partial charge on any atom is -0.456 e. The lowest BCUT2D eigenvalue weighted by Gasteiger charge is -2.27. The van der Waals surface area contributed by atoms with Crippen molar-refractivity contribution < 1.29 is 4.74 Å². The molecule has 1 aromatic heterocycles. The maximum absolute atomic E-state index is 9.68. The van der Waals surface area contributed by atoms with E-state index in [4.69, 9.17) is 4.74 Å². The van der Waals surface area contributed by atoms with E-state index in [1.165, 1.54) is 0 Å². The molecule has 0 amide bonds. The van der Waals surface area contributed by atoms with E-state index in [0.717, 1.165) is 42.1 Å². The maximum Gasteiger partial charge on any atom is 0.145 e. The summed E-state index contributed by atoms with van der Waals surface area (Å²) in [5.74, 6) is 2.35. The Kier molecular flexibility index (Phi) is 5.69. The fourth-order valence-electron chi connectivity index (χ4n) is 4.39. The average Bonchev–Trinajstić information content (AvgIpc) is 3.48. The first-order chi connectivity index (χ1) is 16.2.